The number of rotatable bonds is 4. The van der Waals surface area contributed by atoms with Gasteiger partial charge >= 0.3 is 8.80 Å². The van der Waals surface area contributed by atoms with E-state index in [1.165, 1.54) is 27.4 Å². The van der Waals surface area contributed by atoms with E-state index in [1.54, 1.807) is 18.2 Å². The van der Waals surface area contributed by atoms with E-state index in [4.69, 9.17) is 13.3 Å². The zero-order valence-electron chi connectivity index (χ0n) is 8.41. The van der Waals surface area contributed by atoms with Crippen molar-refractivity contribution in [1.82, 2.24) is 0 Å². The Balaban J connectivity index is 3.17. The van der Waals surface area contributed by atoms with Gasteiger partial charge in [0.05, 0.1) is 5.19 Å². The zero-order chi connectivity index (χ0) is 10.6. The summed E-state index contributed by atoms with van der Waals surface area (Å²) < 4.78 is 28.9. The highest BCUT2D eigenvalue weighted by Gasteiger charge is 2.42. The molecule has 0 aliphatic heterocycles. The van der Waals surface area contributed by atoms with Crippen LogP contribution in [0.25, 0.3) is 0 Å². The van der Waals surface area contributed by atoms with E-state index in [2.05, 4.69) is 0 Å². The van der Waals surface area contributed by atoms with Crippen molar-refractivity contribution in [2.75, 3.05) is 21.3 Å². The van der Waals surface area contributed by atoms with E-state index in [-0.39, 0.29) is 5.82 Å². The predicted octanol–water partition coefficient (Wildman–Crippen LogP) is 0.911. The largest absolute Gasteiger partial charge is 0.539 e. The van der Waals surface area contributed by atoms with Crippen LogP contribution in [-0.2, 0) is 13.3 Å². The summed E-state index contributed by atoms with van der Waals surface area (Å²) in [5.41, 5.74) is 0. The molecule has 0 radical (unpaired) electrons. The summed E-state index contributed by atoms with van der Waals surface area (Å²) in [6.07, 6.45) is 0. The smallest absolute Gasteiger partial charge is 0.373 e. The Hall–Kier alpha value is -0.753. The summed E-state index contributed by atoms with van der Waals surface area (Å²) in [7, 11) is 1.34. The third kappa shape index (κ3) is 1.85. The molecule has 0 fully saturated rings. The van der Waals surface area contributed by atoms with Crippen LogP contribution in [0.1, 0.15) is 0 Å². The van der Waals surface area contributed by atoms with Crippen molar-refractivity contribution in [3.8, 4) is 0 Å². The molecule has 0 saturated heterocycles. The lowest BCUT2D eigenvalue weighted by Crippen LogP contribution is -2.55. The molecule has 0 aromatic heterocycles. The first-order valence-corrected chi connectivity index (χ1v) is 5.83. The fourth-order valence-corrected chi connectivity index (χ4v) is 3.13. The van der Waals surface area contributed by atoms with E-state index >= 15 is 0 Å². The summed E-state index contributed by atoms with van der Waals surface area (Å²) in [6, 6.07) is 6.29. The SMILES string of the molecule is CO[Si](OC)(OC)c1ccccc1F. The van der Waals surface area contributed by atoms with Gasteiger partial charge in [0.25, 0.3) is 0 Å². The molecule has 0 spiro atoms. The number of benzene rings is 1. The fourth-order valence-electron chi connectivity index (χ4n) is 1.29. The topological polar surface area (TPSA) is 27.7 Å². The van der Waals surface area contributed by atoms with E-state index in [0.717, 1.165) is 0 Å². The van der Waals surface area contributed by atoms with Crippen LogP contribution < -0.4 is 5.19 Å². The first kappa shape index (κ1) is 11.3. The van der Waals surface area contributed by atoms with Crippen molar-refractivity contribution in [2.45, 2.75) is 0 Å². The van der Waals surface area contributed by atoms with Crippen molar-refractivity contribution in [3.63, 3.8) is 0 Å². The highest BCUT2D eigenvalue weighted by Crippen LogP contribution is 2.09. The maximum absolute atomic E-state index is 13.4. The Bertz CT molecular complexity index is 294. The van der Waals surface area contributed by atoms with E-state index in [1.807, 2.05) is 0 Å². The molecule has 5 heteroatoms. The minimum Gasteiger partial charge on any atom is -0.373 e. The van der Waals surface area contributed by atoms with Crippen molar-refractivity contribution in [3.05, 3.63) is 30.1 Å². The Morgan fingerprint density at radius 3 is 1.93 bits per heavy atom. The molecular formula is C9H13FO3Si. The van der Waals surface area contributed by atoms with Crippen molar-refractivity contribution >= 4 is 14.0 Å². The van der Waals surface area contributed by atoms with Crippen molar-refractivity contribution < 1.29 is 17.7 Å². The van der Waals surface area contributed by atoms with E-state index in [9.17, 15) is 4.39 Å². The van der Waals surface area contributed by atoms with Gasteiger partial charge in [-0.1, -0.05) is 18.2 Å². The molecule has 1 aromatic carbocycles. The molecule has 3 nitrogen and oxygen atoms in total. The highest BCUT2D eigenvalue weighted by atomic mass is 28.4. The Kier molecular flexibility index (Phi) is 3.76. The van der Waals surface area contributed by atoms with Gasteiger partial charge in [-0.05, 0) is 6.07 Å². The van der Waals surface area contributed by atoms with Crippen LogP contribution in [0.3, 0.4) is 0 Å². The summed E-state index contributed by atoms with van der Waals surface area (Å²) in [5, 5.41) is 0.354. The lowest BCUT2D eigenvalue weighted by molar-refractivity contribution is 0.139. The first-order chi connectivity index (χ1) is 6.70. The second-order valence-corrected chi connectivity index (χ2v) is 5.52. The quantitative estimate of drug-likeness (QED) is 0.700. The molecule has 14 heavy (non-hydrogen) atoms. The molecular weight excluding hydrogens is 203 g/mol. The van der Waals surface area contributed by atoms with Crippen LogP contribution in [0, 0.1) is 5.82 Å². The van der Waals surface area contributed by atoms with Crippen LogP contribution in [0.15, 0.2) is 24.3 Å². The number of hydrogen-bond acceptors (Lipinski definition) is 3. The molecule has 0 N–H and O–H groups in total. The number of hydrogen-bond donors (Lipinski definition) is 0. The summed E-state index contributed by atoms with van der Waals surface area (Å²) in [6.45, 7) is 0. The minimum atomic E-state index is -3.01. The average molecular weight is 216 g/mol. The second-order valence-electron chi connectivity index (χ2n) is 2.65. The highest BCUT2D eigenvalue weighted by molar-refractivity contribution is 6.75. The second kappa shape index (κ2) is 4.65. The Morgan fingerprint density at radius 1 is 1.00 bits per heavy atom. The normalized spacial score (nSPS) is 11.7. The number of halogens is 1. The third-order valence-corrected chi connectivity index (χ3v) is 4.69. The molecule has 78 valence electrons. The standard InChI is InChI=1S/C9H13FO3Si/c1-11-14(12-2,13-3)9-7-5-4-6-8(9)10/h4-7H,1-3H3. The van der Waals surface area contributed by atoms with Crippen molar-refractivity contribution in [1.29, 1.82) is 0 Å². The summed E-state index contributed by atoms with van der Waals surface area (Å²) in [5.74, 6) is -0.371. The monoisotopic (exact) mass is 216 g/mol. The Labute approximate surface area is 83.8 Å². The first-order valence-electron chi connectivity index (χ1n) is 4.10. The molecule has 0 aliphatic rings. The van der Waals surface area contributed by atoms with Crippen molar-refractivity contribution in [2.24, 2.45) is 0 Å². The molecule has 1 rings (SSSR count). The Morgan fingerprint density at radius 2 is 1.50 bits per heavy atom. The molecule has 0 unspecified atom stereocenters. The van der Waals surface area contributed by atoms with Crippen LogP contribution in [0.5, 0.6) is 0 Å². The van der Waals surface area contributed by atoms with Crippen LogP contribution >= 0.6 is 0 Å². The lowest BCUT2D eigenvalue weighted by Gasteiger charge is -2.24. The van der Waals surface area contributed by atoms with Gasteiger partial charge in [-0.3, -0.25) is 0 Å². The fraction of sp³-hybridized carbons (Fsp3) is 0.333. The van der Waals surface area contributed by atoms with Crippen LogP contribution in [0.2, 0.25) is 0 Å². The van der Waals surface area contributed by atoms with Crippen LogP contribution in [-0.4, -0.2) is 30.1 Å². The minimum absolute atomic E-state index is 0.354. The van der Waals surface area contributed by atoms with Gasteiger partial charge in [0.1, 0.15) is 5.82 Å². The zero-order valence-corrected chi connectivity index (χ0v) is 9.41. The van der Waals surface area contributed by atoms with Gasteiger partial charge in [0.2, 0.25) is 0 Å². The molecule has 1 aromatic rings. The van der Waals surface area contributed by atoms with Gasteiger partial charge in [-0.2, -0.15) is 0 Å². The maximum atomic E-state index is 13.4. The van der Waals surface area contributed by atoms with Gasteiger partial charge in [-0.15, -0.1) is 0 Å². The van der Waals surface area contributed by atoms with Gasteiger partial charge in [0.15, 0.2) is 0 Å². The average Bonchev–Trinajstić information content (AvgIpc) is 2.24. The summed E-state index contributed by atoms with van der Waals surface area (Å²) >= 11 is 0. The van der Waals surface area contributed by atoms with E-state index in [0.29, 0.717) is 5.19 Å². The summed E-state index contributed by atoms with van der Waals surface area (Å²) in [4.78, 5) is 0. The molecule has 0 bridgehead atoms. The lowest BCUT2D eigenvalue weighted by atomic mass is 10.3. The predicted molar refractivity (Wildman–Crippen MR) is 52.8 cm³/mol. The molecule has 0 amide bonds. The van der Waals surface area contributed by atoms with Gasteiger partial charge in [-0.25, -0.2) is 4.39 Å². The molecule has 0 heterocycles. The maximum Gasteiger partial charge on any atom is 0.539 e. The molecule has 0 saturated carbocycles. The van der Waals surface area contributed by atoms with Gasteiger partial charge in [0, 0.05) is 21.3 Å². The van der Waals surface area contributed by atoms with E-state index < -0.39 is 8.80 Å². The molecule has 0 atom stereocenters. The van der Waals surface area contributed by atoms with Crippen LogP contribution in [0.4, 0.5) is 4.39 Å². The third-order valence-electron chi connectivity index (χ3n) is 2.01. The molecule has 0 aliphatic carbocycles. The van der Waals surface area contributed by atoms with Gasteiger partial charge < -0.3 is 13.3 Å².